The van der Waals surface area contributed by atoms with E-state index < -0.39 is 0 Å². The molecule has 3 fully saturated rings. The van der Waals surface area contributed by atoms with Crippen LogP contribution in [0.2, 0.25) is 0 Å². The molecule has 0 aromatic heterocycles. The summed E-state index contributed by atoms with van der Waals surface area (Å²) in [5.74, 6) is 4.11. The summed E-state index contributed by atoms with van der Waals surface area (Å²) >= 11 is 0. The lowest BCUT2D eigenvalue weighted by atomic mass is 9.79. The quantitative estimate of drug-likeness (QED) is 0.807. The Labute approximate surface area is 126 Å². The zero-order valence-electron chi connectivity index (χ0n) is 12.5. The van der Waals surface area contributed by atoms with E-state index >= 15 is 0 Å². The largest absolute Gasteiger partial charge is 0.382 e. The second kappa shape index (κ2) is 4.50. The van der Waals surface area contributed by atoms with E-state index in [9.17, 15) is 0 Å². The van der Waals surface area contributed by atoms with Gasteiger partial charge in [-0.1, -0.05) is 36.8 Å². The first-order valence-electron chi connectivity index (χ1n) is 8.64. The van der Waals surface area contributed by atoms with Gasteiger partial charge < -0.3 is 5.32 Å². The van der Waals surface area contributed by atoms with Gasteiger partial charge in [-0.15, -0.1) is 0 Å². The highest BCUT2D eigenvalue weighted by Crippen LogP contribution is 2.59. The number of anilines is 1. The Hall–Kier alpha value is -1.50. The minimum atomic E-state index is 0.732. The van der Waals surface area contributed by atoms with Crippen LogP contribution in [-0.2, 0) is 0 Å². The maximum Gasteiger partial charge on any atom is 0.0348 e. The van der Waals surface area contributed by atoms with Gasteiger partial charge in [-0.25, -0.2) is 0 Å². The van der Waals surface area contributed by atoms with Crippen LogP contribution in [-0.4, -0.2) is 6.04 Å². The molecule has 108 valence electrons. The third-order valence-corrected chi connectivity index (χ3v) is 6.53. The van der Waals surface area contributed by atoms with Crippen LogP contribution >= 0.6 is 0 Å². The van der Waals surface area contributed by atoms with Crippen LogP contribution in [0.25, 0.3) is 10.8 Å². The molecule has 5 unspecified atom stereocenters. The fourth-order valence-corrected chi connectivity index (χ4v) is 5.73. The molecule has 0 saturated heterocycles. The molecule has 5 atom stereocenters. The lowest BCUT2D eigenvalue weighted by Crippen LogP contribution is -2.33. The van der Waals surface area contributed by atoms with E-state index in [2.05, 4.69) is 47.8 Å². The first kappa shape index (κ1) is 12.1. The summed E-state index contributed by atoms with van der Waals surface area (Å²) in [6.07, 6.45) is 7.43. The highest BCUT2D eigenvalue weighted by Gasteiger charge is 2.53. The Bertz CT molecular complexity index is 676. The molecule has 3 aliphatic rings. The van der Waals surface area contributed by atoms with Crippen LogP contribution in [0.15, 0.2) is 42.5 Å². The minimum Gasteiger partial charge on any atom is -0.382 e. The second-order valence-electron chi connectivity index (χ2n) is 7.47. The Morgan fingerprint density at radius 1 is 0.810 bits per heavy atom. The topological polar surface area (TPSA) is 12.0 Å². The van der Waals surface area contributed by atoms with Gasteiger partial charge in [0.2, 0.25) is 0 Å². The second-order valence-corrected chi connectivity index (χ2v) is 7.47. The predicted molar refractivity (Wildman–Crippen MR) is 88.4 cm³/mol. The molecule has 1 N–H and O–H groups in total. The highest BCUT2D eigenvalue weighted by molar-refractivity contribution is 5.85. The summed E-state index contributed by atoms with van der Waals surface area (Å²) in [4.78, 5) is 0. The molecule has 2 bridgehead atoms. The summed E-state index contributed by atoms with van der Waals surface area (Å²) in [6, 6.07) is 16.2. The fourth-order valence-electron chi connectivity index (χ4n) is 5.73. The standard InChI is InChI=1S/C20H23N/c1-2-5-14-10-16(9-8-13(14)4-1)21-20-12-15-11-19(20)18-7-3-6-17(15)18/h1-2,4-5,8-10,15,17-21H,3,6-7,11-12H2. The third-order valence-electron chi connectivity index (χ3n) is 6.53. The molecule has 0 spiro atoms. The van der Waals surface area contributed by atoms with Gasteiger partial charge in [0.1, 0.15) is 0 Å². The molecule has 2 aromatic carbocycles. The number of fused-ring (bicyclic) bond motifs is 6. The fraction of sp³-hybridized carbons (Fsp3) is 0.500. The van der Waals surface area contributed by atoms with E-state index in [1.807, 2.05) is 0 Å². The number of nitrogens with one attached hydrogen (secondary N) is 1. The van der Waals surface area contributed by atoms with Crippen molar-refractivity contribution in [3.63, 3.8) is 0 Å². The minimum absolute atomic E-state index is 0.732. The van der Waals surface area contributed by atoms with Crippen molar-refractivity contribution in [3.8, 4) is 0 Å². The molecule has 1 heteroatoms. The maximum atomic E-state index is 3.88. The summed E-state index contributed by atoms with van der Waals surface area (Å²) < 4.78 is 0. The molecular weight excluding hydrogens is 254 g/mol. The maximum absolute atomic E-state index is 3.88. The van der Waals surface area contributed by atoms with Gasteiger partial charge in [-0.05, 0) is 72.3 Å². The van der Waals surface area contributed by atoms with E-state index in [1.165, 1.54) is 48.6 Å². The zero-order chi connectivity index (χ0) is 13.8. The first-order valence-corrected chi connectivity index (χ1v) is 8.64. The Kier molecular flexibility index (Phi) is 2.59. The average molecular weight is 277 g/mol. The lowest BCUT2D eigenvalue weighted by Gasteiger charge is -2.32. The third kappa shape index (κ3) is 1.83. The normalized spacial score (nSPS) is 37.0. The van der Waals surface area contributed by atoms with Crippen molar-refractivity contribution in [2.75, 3.05) is 5.32 Å². The van der Waals surface area contributed by atoms with Crippen molar-refractivity contribution in [2.45, 2.75) is 38.1 Å². The number of rotatable bonds is 2. The average Bonchev–Trinajstić information content (AvgIpc) is 3.19. The molecule has 3 aliphatic carbocycles. The van der Waals surface area contributed by atoms with Gasteiger partial charge in [-0.3, -0.25) is 0 Å². The molecule has 2 aromatic rings. The van der Waals surface area contributed by atoms with Crippen LogP contribution in [0, 0.1) is 23.7 Å². The van der Waals surface area contributed by atoms with Crippen molar-refractivity contribution < 1.29 is 0 Å². The summed E-state index contributed by atoms with van der Waals surface area (Å²) in [7, 11) is 0. The summed E-state index contributed by atoms with van der Waals surface area (Å²) in [5, 5.41) is 6.57. The molecular formula is C20H23N. The van der Waals surface area contributed by atoms with Crippen LogP contribution < -0.4 is 5.32 Å². The number of hydrogen-bond donors (Lipinski definition) is 1. The summed E-state index contributed by atoms with van der Waals surface area (Å²) in [5.41, 5.74) is 1.32. The van der Waals surface area contributed by atoms with Gasteiger partial charge >= 0.3 is 0 Å². The van der Waals surface area contributed by atoms with Crippen molar-refractivity contribution in [1.29, 1.82) is 0 Å². The number of hydrogen-bond acceptors (Lipinski definition) is 1. The first-order chi connectivity index (χ1) is 10.4. The van der Waals surface area contributed by atoms with E-state index in [4.69, 9.17) is 0 Å². The van der Waals surface area contributed by atoms with Crippen molar-refractivity contribution in [2.24, 2.45) is 23.7 Å². The Balaban J connectivity index is 1.40. The van der Waals surface area contributed by atoms with E-state index in [0.717, 1.165) is 29.7 Å². The van der Waals surface area contributed by atoms with Gasteiger partial charge in [0.25, 0.3) is 0 Å². The van der Waals surface area contributed by atoms with E-state index in [0.29, 0.717) is 0 Å². The Morgan fingerprint density at radius 2 is 1.67 bits per heavy atom. The van der Waals surface area contributed by atoms with E-state index in [1.54, 1.807) is 0 Å². The van der Waals surface area contributed by atoms with Gasteiger partial charge in [0, 0.05) is 11.7 Å². The molecule has 21 heavy (non-hydrogen) atoms. The van der Waals surface area contributed by atoms with Crippen LogP contribution in [0.5, 0.6) is 0 Å². The van der Waals surface area contributed by atoms with Gasteiger partial charge in [0.15, 0.2) is 0 Å². The molecule has 0 aliphatic heterocycles. The molecule has 1 nitrogen and oxygen atoms in total. The molecule has 0 heterocycles. The van der Waals surface area contributed by atoms with Crippen LogP contribution in [0.3, 0.4) is 0 Å². The van der Waals surface area contributed by atoms with Crippen molar-refractivity contribution in [1.82, 2.24) is 0 Å². The van der Waals surface area contributed by atoms with E-state index in [-0.39, 0.29) is 0 Å². The molecule has 5 rings (SSSR count). The number of benzene rings is 2. The Morgan fingerprint density at radius 3 is 2.62 bits per heavy atom. The summed E-state index contributed by atoms with van der Waals surface area (Å²) in [6.45, 7) is 0. The van der Waals surface area contributed by atoms with Gasteiger partial charge in [0.05, 0.1) is 0 Å². The highest BCUT2D eigenvalue weighted by atomic mass is 14.9. The van der Waals surface area contributed by atoms with Crippen LogP contribution in [0.4, 0.5) is 5.69 Å². The predicted octanol–water partition coefficient (Wildman–Crippen LogP) is 5.08. The van der Waals surface area contributed by atoms with Gasteiger partial charge in [-0.2, -0.15) is 0 Å². The lowest BCUT2D eigenvalue weighted by molar-refractivity contribution is 0.243. The van der Waals surface area contributed by atoms with Crippen molar-refractivity contribution in [3.05, 3.63) is 42.5 Å². The molecule has 0 radical (unpaired) electrons. The van der Waals surface area contributed by atoms with Crippen LogP contribution in [0.1, 0.15) is 32.1 Å². The smallest absolute Gasteiger partial charge is 0.0348 e. The SMILES string of the molecule is c1ccc2cc(NC3CC4CC3C3CCCC43)ccc2c1. The molecule has 3 saturated carbocycles. The molecule has 0 amide bonds. The monoisotopic (exact) mass is 277 g/mol. The van der Waals surface area contributed by atoms with Crippen molar-refractivity contribution >= 4 is 16.5 Å². The zero-order valence-corrected chi connectivity index (χ0v) is 12.5.